The van der Waals surface area contributed by atoms with Gasteiger partial charge in [0.1, 0.15) is 0 Å². The molecule has 250 valence electrons. The minimum atomic E-state index is 0.231. The van der Waals surface area contributed by atoms with Gasteiger partial charge < -0.3 is 9.80 Å². The molecule has 0 aromatic rings. The van der Waals surface area contributed by atoms with Gasteiger partial charge in [-0.05, 0) is 64.2 Å². The van der Waals surface area contributed by atoms with Crippen molar-refractivity contribution in [3.63, 3.8) is 0 Å². The molecule has 0 aliphatic carbocycles. The van der Waals surface area contributed by atoms with Crippen molar-refractivity contribution in [1.82, 2.24) is 9.80 Å². The summed E-state index contributed by atoms with van der Waals surface area (Å²) in [5.74, 6) is 0.461. The molecule has 0 aromatic carbocycles. The van der Waals surface area contributed by atoms with E-state index in [2.05, 4.69) is 38.2 Å². The molecule has 1 fully saturated rings. The maximum absolute atomic E-state index is 12.6. The predicted molar refractivity (Wildman–Crippen MR) is 187 cm³/mol. The Morgan fingerprint density at radius 3 is 1.02 bits per heavy atom. The molecule has 0 saturated carbocycles. The highest BCUT2D eigenvalue weighted by molar-refractivity contribution is 5.80. The summed E-state index contributed by atoms with van der Waals surface area (Å²) in [7, 11) is 0. The van der Waals surface area contributed by atoms with E-state index in [0.717, 1.165) is 25.7 Å². The lowest BCUT2D eigenvalue weighted by atomic mass is 10.1. The molecule has 1 saturated heterocycles. The molecule has 4 nitrogen and oxygen atoms in total. The zero-order valence-corrected chi connectivity index (χ0v) is 28.9. The Labute approximate surface area is 268 Å². The number of allylic oxidation sites excluding steroid dienone is 4. The first-order valence-electron chi connectivity index (χ1n) is 19.0. The minimum Gasteiger partial charge on any atom is -0.323 e. The number of unbranched alkanes of at least 4 members (excludes halogenated alkanes) is 22. The standard InChI is InChI=1S/C39H72N2O2/c1-3-5-7-9-11-13-15-17-19-21-23-25-27-29-31-33-38(42)40-35-36-41(37-40)39(43)34-32-30-28-26-24-22-20-18-16-14-12-10-8-6-4-2/h17-20H,3-16,21-37H2,1-2H3/b19-17-,20-18-. The monoisotopic (exact) mass is 601 g/mol. The topological polar surface area (TPSA) is 40.6 Å². The number of hydrogen-bond acceptors (Lipinski definition) is 2. The van der Waals surface area contributed by atoms with Gasteiger partial charge >= 0.3 is 0 Å². The Balaban J connectivity index is 1.91. The SMILES string of the molecule is CCCCCCCC/C=C\CCCCCCCC(=O)N1CCN(C(=O)CCCCCCC/C=C\CCCCCCCC)C1. The number of carbonyl (C=O) groups is 2. The van der Waals surface area contributed by atoms with Crippen LogP contribution in [-0.4, -0.2) is 41.4 Å². The fraction of sp³-hybridized carbons (Fsp3) is 0.846. The molecule has 4 heteroatoms. The van der Waals surface area contributed by atoms with E-state index in [4.69, 9.17) is 0 Å². The van der Waals surface area contributed by atoms with Crippen LogP contribution in [0.5, 0.6) is 0 Å². The highest BCUT2D eigenvalue weighted by atomic mass is 16.2. The lowest BCUT2D eigenvalue weighted by molar-refractivity contribution is -0.134. The molecule has 0 radical (unpaired) electrons. The van der Waals surface area contributed by atoms with E-state index in [1.807, 2.05) is 9.80 Å². The van der Waals surface area contributed by atoms with E-state index < -0.39 is 0 Å². The first kappa shape index (κ1) is 39.4. The first-order valence-corrected chi connectivity index (χ1v) is 19.0. The lowest BCUT2D eigenvalue weighted by Crippen LogP contribution is -2.33. The average Bonchev–Trinajstić information content (AvgIpc) is 3.52. The summed E-state index contributed by atoms with van der Waals surface area (Å²) >= 11 is 0. The third-order valence-electron chi connectivity index (χ3n) is 8.99. The van der Waals surface area contributed by atoms with E-state index in [0.29, 0.717) is 32.6 Å². The number of hydrogen-bond donors (Lipinski definition) is 0. The fourth-order valence-corrected chi connectivity index (χ4v) is 6.01. The van der Waals surface area contributed by atoms with Crippen LogP contribution in [0.1, 0.15) is 194 Å². The van der Waals surface area contributed by atoms with Gasteiger partial charge in [0, 0.05) is 25.9 Å². The second kappa shape index (κ2) is 30.4. The summed E-state index contributed by atoms with van der Waals surface area (Å²) < 4.78 is 0. The van der Waals surface area contributed by atoms with Crippen LogP contribution >= 0.6 is 0 Å². The van der Waals surface area contributed by atoms with Crippen LogP contribution < -0.4 is 0 Å². The van der Waals surface area contributed by atoms with Crippen molar-refractivity contribution in [1.29, 1.82) is 0 Å². The van der Waals surface area contributed by atoms with Crippen LogP contribution in [-0.2, 0) is 9.59 Å². The van der Waals surface area contributed by atoms with Crippen LogP contribution in [0, 0.1) is 0 Å². The van der Waals surface area contributed by atoms with E-state index >= 15 is 0 Å². The molecule has 43 heavy (non-hydrogen) atoms. The van der Waals surface area contributed by atoms with Crippen LogP contribution in [0.25, 0.3) is 0 Å². The van der Waals surface area contributed by atoms with Crippen LogP contribution in [0.4, 0.5) is 0 Å². The van der Waals surface area contributed by atoms with Crippen molar-refractivity contribution < 1.29 is 9.59 Å². The average molecular weight is 601 g/mol. The maximum atomic E-state index is 12.6. The predicted octanol–water partition coefficient (Wildman–Crippen LogP) is 11.7. The Kier molecular flexibility index (Phi) is 27.9. The third kappa shape index (κ3) is 24.4. The van der Waals surface area contributed by atoms with Gasteiger partial charge in [-0.1, -0.05) is 141 Å². The van der Waals surface area contributed by atoms with Gasteiger partial charge in [0.05, 0.1) is 6.67 Å². The van der Waals surface area contributed by atoms with E-state index in [1.165, 1.54) is 141 Å². The maximum Gasteiger partial charge on any atom is 0.224 e. The molecule has 2 amide bonds. The van der Waals surface area contributed by atoms with Gasteiger partial charge in [0.15, 0.2) is 0 Å². The minimum absolute atomic E-state index is 0.231. The lowest BCUT2D eigenvalue weighted by Gasteiger charge is -2.18. The zero-order chi connectivity index (χ0) is 31.1. The summed E-state index contributed by atoms with van der Waals surface area (Å²) in [6.07, 6.45) is 43.8. The third-order valence-corrected chi connectivity index (χ3v) is 8.99. The van der Waals surface area contributed by atoms with Crippen molar-refractivity contribution in [3.05, 3.63) is 24.3 Å². The molecule has 0 atom stereocenters. The van der Waals surface area contributed by atoms with Gasteiger partial charge in [-0.15, -0.1) is 0 Å². The molecule has 0 spiro atoms. The molecular weight excluding hydrogens is 528 g/mol. The summed E-state index contributed by atoms with van der Waals surface area (Å²) in [5, 5.41) is 0. The second-order valence-electron chi connectivity index (χ2n) is 13.1. The molecule has 1 heterocycles. The quantitative estimate of drug-likeness (QED) is 0.0608. The van der Waals surface area contributed by atoms with Crippen molar-refractivity contribution in [2.75, 3.05) is 19.8 Å². The highest BCUT2D eigenvalue weighted by Crippen LogP contribution is 2.15. The normalized spacial score (nSPS) is 13.7. The smallest absolute Gasteiger partial charge is 0.224 e. The van der Waals surface area contributed by atoms with Gasteiger partial charge in [-0.25, -0.2) is 0 Å². The van der Waals surface area contributed by atoms with Crippen molar-refractivity contribution in [2.45, 2.75) is 194 Å². The van der Waals surface area contributed by atoms with Gasteiger partial charge in [-0.3, -0.25) is 9.59 Å². The Bertz CT molecular complexity index is 643. The Morgan fingerprint density at radius 1 is 0.419 bits per heavy atom. The highest BCUT2D eigenvalue weighted by Gasteiger charge is 2.26. The Morgan fingerprint density at radius 2 is 0.698 bits per heavy atom. The van der Waals surface area contributed by atoms with Crippen LogP contribution in [0.2, 0.25) is 0 Å². The number of amides is 2. The number of carbonyl (C=O) groups excluding carboxylic acids is 2. The first-order chi connectivity index (χ1) is 21.2. The van der Waals surface area contributed by atoms with Crippen molar-refractivity contribution >= 4 is 11.8 Å². The molecule has 1 aliphatic heterocycles. The van der Waals surface area contributed by atoms with E-state index in [9.17, 15) is 9.59 Å². The molecule has 0 N–H and O–H groups in total. The second-order valence-corrected chi connectivity index (χ2v) is 13.1. The largest absolute Gasteiger partial charge is 0.323 e. The molecule has 1 rings (SSSR count). The molecule has 1 aliphatic rings. The summed E-state index contributed by atoms with van der Waals surface area (Å²) in [5.41, 5.74) is 0. The fourth-order valence-electron chi connectivity index (χ4n) is 6.01. The van der Waals surface area contributed by atoms with Gasteiger partial charge in [-0.2, -0.15) is 0 Å². The number of nitrogens with zero attached hydrogens (tertiary/aromatic N) is 2. The summed E-state index contributed by atoms with van der Waals surface area (Å²) in [4.78, 5) is 29.0. The molecule has 0 bridgehead atoms. The van der Waals surface area contributed by atoms with Crippen molar-refractivity contribution in [3.8, 4) is 0 Å². The summed E-state index contributed by atoms with van der Waals surface area (Å²) in [6, 6.07) is 0. The van der Waals surface area contributed by atoms with Gasteiger partial charge in [0.25, 0.3) is 0 Å². The molecule has 0 unspecified atom stereocenters. The van der Waals surface area contributed by atoms with Crippen LogP contribution in [0.3, 0.4) is 0 Å². The van der Waals surface area contributed by atoms with E-state index in [-0.39, 0.29) is 11.8 Å². The van der Waals surface area contributed by atoms with E-state index in [1.54, 1.807) is 0 Å². The Hall–Kier alpha value is -1.58. The summed E-state index contributed by atoms with van der Waals surface area (Å²) in [6.45, 7) is 6.47. The van der Waals surface area contributed by atoms with Crippen molar-refractivity contribution in [2.24, 2.45) is 0 Å². The van der Waals surface area contributed by atoms with Gasteiger partial charge in [0.2, 0.25) is 11.8 Å². The molecule has 0 aromatic heterocycles. The zero-order valence-electron chi connectivity index (χ0n) is 28.9. The number of rotatable bonds is 30. The van der Waals surface area contributed by atoms with Crippen LogP contribution in [0.15, 0.2) is 24.3 Å². The molecular formula is C39H72N2O2.